The molecule has 35 heavy (non-hydrogen) atoms. The van der Waals surface area contributed by atoms with Crippen molar-refractivity contribution in [3.05, 3.63) is 46.8 Å². The SMILES string of the molecule is CCOCCCN([C@@H](C)C(=O)c1c(C)c(C(=O)OCC)n(C)c1C)S(=O)(=O)c1ccc(OC)cc1. The van der Waals surface area contributed by atoms with E-state index in [0.29, 0.717) is 42.2 Å². The number of Topliss-reactive ketones (excluding diaryl/α,β-unsaturated/α-hetero) is 1. The molecule has 9 nitrogen and oxygen atoms in total. The normalized spacial score (nSPS) is 12.6. The van der Waals surface area contributed by atoms with Gasteiger partial charge < -0.3 is 18.8 Å². The van der Waals surface area contributed by atoms with Crippen LogP contribution >= 0.6 is 0 Å². The smallest absolute Gasteiger partial charge is 0.355 e. The fourth-order valence-electron chi connectivity index (χ4n) is 4.04. The summed E-state index contributed by atoms with van der Waals surface area (Å²) in [5, 5.41) is 0. The number of ketones is 1. The van der Waals surface area contributed by atoms with Crippen LogP contribution in [0, 0.1) is 13.8 Å². The van der Waals surface area contributed by atoms with Gasteiger partial charge in [-0.25, -0.2) is 13.2 Å². The van der Waals surface area contributed by atoms with Crippen molar-refractivity contribution in [2.75, 3.05) is 33.5 Å². The van der Waals surface area contributed by atoms with Crippen LogP contribution in [-0.4, -0.2) is 68.6 Å². The van der Waals surface area contributed by atoms with Crippen LogP contribution in [0.25, 0.3) is 0 Å². The van der Waals surface area contributed by atoms with E-state index in [9.17, 15) is 18.0 Å². The fraction of sp³-hybridized carbons (Fsp3) is 0.520. The van der Waals surface area contributed by atoms with Crippen LogP contribution in [0.15, 0.2) is 29.2 Å². The van der Waals surface area contributed by atoms with E-state index in [-0.39, 0.29) is 29.5 Å². The summed E-state index contributed by atoms with van der Waals surface area (Å²) in [4.78, 5) is 26.3. The molecule has 1 atom stereocenters. The van der Waals surface area contributed by atoms with Crippen LogP contribution < -0.4 is 4.74 Å². The Morgan fingerprint density at radius 3 is 2.26 bits per heavy atom. The number of nitrogens with zero attached hydrogens (tertiary/aromatic N) is 2. The van der Waals surface area contributed by atoms with E-state index in [0.717, 1.165) is 0 Å². The number of hydrogen-bond donors (Lipinski definition) is 0. The third-order valence-corrected chi connectivity index (χ3v) is 7.98. The Hall–Kier alpha value is -2.69. The van der Waals surface area contributed by atoms with Crippen molar-refractivity contribution in [1.29, 1.82) is 0 Å². The Morgan fingerprint density at radius 1 is 1.09 bits per heavy atom. The molecular weight excluding hydrogens is 472 g/mol. The van der Waals surface area contributed by atoms with E-state index in [2.05, 4.69) is 0 Å². The lowest BCUT2D eigenvalue weighted by atomic mass is 10.0. The molecule has 0 unspecified atom stereocenters. The second kappa shape index (κ2) is 12.3. The van der Waals surface area contributed by atoms with Gasteiger partial charge in [0.05, 0.1) is 24.7 Å². The summed E-state index contributed by atoms with van der Waals surface area (Å²) in [5.41, 5.74) is 1.64. The third kappa shape index (κ3) is 6.12. The summed E-state index contributed by atoms with van der Waals surface area (Å²) >= 11 is 0. The van der Waals surface area contributed by atoms with Gasteiger partial charge in [-0.05, 0) is 70.9 Å². The Kier molecular flexibility index (Phi) is 10.1. The number of rotatable bonds is 13. The highest BCUT2D eigenvalue weighted by Crippen LogP contribution is 2.27. The number of esters is 1. The first kappa shape index (κ1) is 28.5. The van der Waals surface area contributed by atoms with Crippen LogP contribution in [0.2, 0.25) is 0 Å². The minimum atomic E-state index is -4.02. The second-order valence-electron chi connectivity index (χ2n) is 8.10. The first-order valence-electron chi connectivity index (χ1n) is 11.6. The Labute approximate surface area is 208 Å². The van der Waals surface area contributed by atoms with Crippen LogP contribution in [0.5, 0.6) is 5.75 Å². The fourth-order valence-corrected chi connectivity index (χ4v) is 5.67. The second-order valence-corrected chi connectivity index (χ2v) is 9.99. The highest BCUT2D eigenvalue weighted by molar-refractivity contribution is 7.89. The van der Waals surface area contributed by atoms with Gasteiger partial charge in [0.2, 0.25) is 10.0 Å². The van der Waals surface area contributed by atoms with E-state index in [4.69, 9.17) is 14.2 Å². The summed E-state index contributed by atoms with van der Waals surface area (Å²) in [6, 6.07) is 5.03. The van der Waals surface area contributed by atoms with Crippen molar-refractivity contribution in [2.45, 2.75) is 52.0 Å². The quantitative estimate of drug-likeness (QED) is 0.232. The lowest BCUT2D eigenvalue weighted by molar-refractivity contribution is 0.0514. The maximum atomic E-state index is 13.7. The van der Waals surface area contributed by atoms with Crippen LogP contribution in [0.1, 0.15) is 59.3 Å². The number of sulfonamides is 1. The first-order valence-corrected chi connectivity index (χ1v) is 13.1. The standard InChI is InChI=1S/C25H36N2O7S/c1-8-33-16-10-15-27(35(30,31)21-13-11-20(32-7)12-14-21)19(5)24(28)22-17(3)23(25(29)34-9-2)26(6)18(22)4/h11-14,19H,8-10,15-16H2,1-7H3/t19-/m0/s1. The molecule has 0 amide bonds. The summed E-state index contributed by atoms with van der Waals surface area (Å²) < 4.78 is 45.7. The highest BCUT2D eigenvalue weighted by Gasteiger charge is 2.36. The predicted octanol–water partition coefficient (Wildman–Crippen LogP) is 3.52. The Bertz CT molecular complexity index is 1140. The maximum Gasteiger partial charge on any atom is 0.355 e. The molecule has 0 saturated carbocycles. The lowest BCUT2D eigenvalue weighted by Gasteiger charge is -2.28. The number of benzene rings is 1. The van der Waals surface area contributed by atoms with Crippen molar-refractivity contribution < 1.29 is 32.2 Å². The predicted molar refractivity (Wildman–Crippen MR) is 133 cm³/mol. The maximum absolute atomic E-state index is 13.7. The molecule has 0 fully saturated rings. The monoisotopic (exact) mass is 508 g/mol. The minimum absolute atomic E-state index is 0.0584. The number of hydrogen-bond acceptors (Lipinski definition) is 7. The van der Waals surface area contributed by atoms with Gasteiger partial charge >= 0.3 is 5.97 Å². The van der Waals surface area contributed by atoms with Crippen molar-refractivity contribution in [3.63, 3.8) is 0 Å². The molecule has 1 heterocycles. The molecule has 0 aliphatic carbocycles. The molecule has 2 rings (SSSR count). The minimum Gasteiger partial charge on any atom is -0.497 e. The van der Waals surface area contributed by atoms with Gasteiger partial charge in [0, 0.05) is 38.1 Å². The number of carbonyl (C=O) groups excluding carboxylic acids is 2. The molecule has 0 aliphatic rings. The molecule has 0 spiro atoms. The third-order valence-electron chi connectivity index (χ3n) is 5.99. The van der Waals surface area contributed by atoms with Gasteiger partial charge in [-0.15, -0.1) is 0 Å². The van der Waals surface area contributed by atoms with E-state index in [1.165, 1.54) is 23.5 Å². The van der Waals surface area contributed by atoms with E-state index < -0.39 is 22.0 Å². The summed E-state index contributed by atoms with van der Waals surface area (Å²) in [6.45, 7) is 9.72. The van der Waals surface area contributed by atoms with Gasteiger partial charge in [0.1, 0.15) is 11.4 Å². The molecule has 10 heteroatoms. The molecule has 0 aliphatic heterocycles. The molecule has 194 valence electrons. The molecule has 0 bridgehead atoms. The van der Waals surface area contributed by atoms with Crippen LogP contribution in [0.3, 0.4) is 0 Å². The van der Waals surface area contributed by atoms with Gasteiger partial charge in [-0.3, -0.25) is 4.79 Å². The molecule has 2 aromatic rings. The van der Waals surface area contributed by atoms with Gasteiger partial charge in [-0.1, -0.05) is 0 Å². The number of carbonyl (C=O) groups is 2. The zero-order valence-corrected chi connectivity index (χ0v) is 22.4. The van der Waals surface area contributed by atoms with Crippen molar-refractivity contribution in [2.24, 2.45) is 7.05 Å². The zero-order chi connectivity index (χ0) is 26.3. The van der Waals surface area contributed by atoms with Crippen LogP contribution in [0.4, 0.5) is 0 Å². The molecule has 0 N–H and O–H groups in total. The molecule has 0 radical (unpaired) electrons. The van der Waals surface area contributed by atoms with Gasteiger partial charge in [-0.2, -0.15) is 4.31 Å². The number of aromatic nitrogens is 1. The van der Waals surface area contributed by atoms with Crippen LogP contribution in [-0.2, 0) is 26.5 Å². The van der Waals surface area contributed by atoms with E-state index >= 15 is 0 Å². The van der Waals surface area contributed by atoms with E-state index in [1.807, 2.05) is 6.92 Å². The average molecular weight is 509 g/mol. The number of methoxy groups -OCH3 is 1. The molecule has 1 aromatic heterocycles. The van der Waals surface area contributed by atoms with Crippen molar-refractivity contribution in [3.8, 4) is 5.75 Å². The summed E-state index contributed by atoms with van der Waals surface area (Å²) in [5.74, 6) is -0.389. The summed E-state index contributed by atoms with van der Waals surface area (Å²) in [6.07, 6.45) is 0.418. The first-order chi connectivity index (χ1) is 16.5. The average Bonchev–Trinajstić information content (AvgIpc) is 3.06. The molecule has 1 aromatic carbocycles. The largest absolute Gasteiger partial charge is 0.497 e. The molecule has 0 saturated heterocycles. The van der Waals surface area contributed by atoms with Crippen molar-refractivity contribution >= 4 is 21.8 Å². The van der Waals surface area contributed by atoms with Gasteiger partial charge in [0.15, 0.2) is 5.78 Å². The summed E-state index contributed by atoms with van der Waals surface area (Å²) in [7, 11) is -0.833. The lowest BCUT2D eigenvalue weighted by Crippen LogP contribution is -2.44. The number of ether oxygens (including phenoxy) is 3. The topological polar surface area (TPSA) is 104 Å². The zero-order valence-electron chi connectivity index (χ0n) is 21.6. The van der Waals surface area contributed by atoms with Crippen molar-refractivity contribution in [1.82, 2.24) is 8.87 Å². The highest BCUT2D eigenvalue weighted by atomic mass is 32.2. The molecular formula is C25H36N2O7S. The Morgan fingerprint density at radius 2 is 1.71 bits per heavy atom. The Balaban J connectivity index is 2.50. The van der Waals surface area contributed by atoms with Gasteiger partial charge in [0.25, 0.3) is 0 Å². The van der Waals surface area contributed by atoms with E-state index in [1.54, 1.807) is 51.4 Å².